The lowest BCUT2D eigenvalue weighted by Crippen LogP contribution is -2.18. The molecular formula is C14H18FN3S. The van der Waals surface area contributed by atoms with Gasteiger partial charge in [0.1, 0.15) is 5.82 Å². The minimum absolute atomic E-state index is 0.148. The molecule has 0 fully saturated rings. The van der Waals surface area contributed by atoms with Crippen molar-refractivity contribution in [2.75, 3.05) is 14.1 Å². The average molecular weight is 279 g/mol. The van der Waals surface area contributed by atoms with Crippen molar-refractivity contribution < 1.29 is 4.39 Å². The van der Waals surface area contributed by atoms with Crippen molar-refractivity contribution in [2.45, 2.75) is 19.6 Å². The van der Waals surface area contributed by atoms with E-state index in [0.717, 1.165) is 29.9 Å². The zero-order valence-corrected chi connectivity index (χ0v) is 12.0. The smallest absolute Gasteiger partial charge is 0.127 e. The van der Waals surface area contributed by atoms with E-state index in [2.05, 4.69) is 15.2 Å². The van der Waals surface area contributed by atoms with Gasteiger partial charge in [-0.1, -0.05) is 12.1 Å². The van der Waals surface area contributed by atoms with E-state index < -0.39 is 0 Å². The first-order valence-electron chi connectivity index (χ1n) is 6.16. The van der Waals surface area contributed by atoms with Gasteiger partial charge in [-0.05, 0) is 25.7 Å². The fraction of sp³-hybridized carbons (Fsp3) is 0.357. The van der Waals surface area contributed by atoms with Crippen molar-refractivity contribution in [2.24, 2.45) is 0 Å². The first kappa shape index (κ1) is 14.1. The van der Waals surface area contributed by atoms with Gasteiger partial charge in [0.2, 0.25) is 0 Å². The summed E-state index contributed by atoms with van der Waals surface area (Å²) in [4.78, 5) is 6.31. The second-order valence-electron chi connectivity index (χ2n) is 4.61. The lowest BCUT2D eigenvalue weighted by Gasteiger charge is -2.16. The average Bonchev–Trinajstić information content (AvgIpc) is 2.86. The summed E-state index contributed by atoms with van der Waals surface area (Å²) in [5.74, 6) is -0.148. The molecule has 2 aromatic rings. The summed E-state index contributed by atoms with van der Waals surface area (Å²) in [7, 11) is 3.86. The van der Waals surface area contributed by atoms with Crippen LogP contribution in [-0.4, -0.2) is 24.0 Å². The van der Waals surface area contributed by atoms with Crippen LogP contribution in [0.5, 0.6) is 0 Å². The number of halogens is 1. The Balaban J connectivity index is 2.02. The third kappa shape index (κ3) is 4.09. The van der Waals surface area contributed by atoms with Crippen LogP contribution in [0, 0.1) is 5.82 Å². The van der Waals surface area contributed by atoms with E-state index in [1.807, 2.05) is 37.1 Å². The molecule has 0 unspecified atom stereocenters. The lowest BCUT2D eigenvalue weighted by molar-refractivity contribution is 0.310. The highest BCUT2D eigenvalue weighted by Gasteiger charge is 2.08. The highest BCUT2D eigenvalue weighted by Crippen LogP contribution is 2.14. The van der Waals surface area contributed by atoms with Gasteiger partial charge in [-0.2, -0.15) is 0 Å². The van der Waals surface area contributed by atoms with Crippen molar-refractivity contribution in [3.8, 4) is 0 Å². The van der Waals surface area contributed by atoms with Crippen molar-refractivity contribution in [3.63, 3.8) is 0 Å². The number of hydrogen-bond acceptors (Lipinski definition) is 4. The molecule has 0 saturated heterocycles. The molecule has 0 aliphatic heterocycles. The third-order valence-electron chi connectivity index (χ3n) is 2.85. The SMILES string of the molecule is CNCc1ccc(F)c(CN(C)Cc2cscn2)c1. The maximum absolute atomic E-state index is 13.8. The monoisotopic (exact) mass is 279 g/mol. The van der Waals surface area contributed by atoms with Crippen LogP contribution in [0.2, 0.25) is 0 Å². The van der Waals surface area contributed by atoms with Crippen LogP contribution in [0.3, 0.4) is 0 Å². The Hall–Kier alpha value is -1.30. The van der Waals surface area contributed by atoms with E-state index in [1.54, 1.807) is 17.4 Å². The molecule has 102 valence electrons. The molecule has 3 nitrogen and oxygen atoms in total. The summed E-state index contributed by atoms with van der Waals surface area (Å²) < 4.78 is 13.8. The summed E-state index contributed by atoms with van der Waals surface area (Å²) in [5, 5.41) is 5.09. The van der Waals surface area contributed by atoms with Crippen LogP contribution >= 0.6 is 11.3 Å². The molecule has 1 aromatic carbocycles. The molecule has 1 aromatic heterocycles. The van der Waals surface area contributed by atoms with Gasteiger partial charge in [-0.3, -0.25) is 4.90 Å². The minimum atomic E-state index is -0.148. The molecule has 0 bridgehead atoms. The molecule has 0 saturated carbocycles. The summed E-state index contributed by atoms with van der Waals surface area (Å²) in [6.45, 7) is 2.07. The van der Waals surface area contributed by atoms with Crippen LogP contribution in [-0.2, 0) is 19.6 Å². The van der Waals surface area contributed by atoms with E-state index in [9.17, 15) is 4.39 Å². The highest BCUT2D eigenvalue weighted by atomic mass is 32.1. The standard InChI is InChI=1S/C14H18FN3S/c1-16-6-11-3-4-14(15)12(5-11)7-18(2)8-13-9-19-10-17-13/h3-5,9-10,16H,6-8H2,1-2H3. The van der Waals surface area contributed by atoms with Crippen LogP contribution in [0.4, 0.5) is 4.39 Å². The molecule has 1 heterocycles. The Labute approximate surface area is 117 Å². The first-order chi connectivity index (χ1) is 9.19. The number of nitrogens with zero attached hydrogens (tertiary/aromatic N) is 2. The van der Waals surface area contributed by atoms with E-state index >= 15 is 0 Å². The maximum atomic E-state index is 13.8. The number of aromatic nitrogens is 1. The predicted octanol–water partition coefficient (Wildman–Crippen LogP) is 2.63. The Kier molecular flexibility index (Phi) is 5.01. The Bertz CT molecular complexity index is 513. The number of thiazole rings is 1. The first-order valence-corrected chi connectivity index (χ1v) is 7.11. The minimum Gasteiger partial charge on any atom is -0.316 e. The molecule has 1 N–H and O–H groups in total. The molecule has 0 aliphatic carbocycles. The summed E-state index contributed by atoms with van der Waals surface area (Å²) in [6.07, 6.45) is 0. The van der Waals surface area contributed by atoms with Gasteiger partial charge in [0.25, 0.3) is 0 Å². The molecule has 0 radical (unpaired) electrons. The van der Waals surface area contributed by atoms with E-state index in [0.29, 0.717) is 6.54 Å². The zero-order chi connectivity index (χ0) is 13.7. The van der Waals surface area contributed by atoms with Gasteiger partial charge in [0.05, 0.1) is 11.2 Å². The second-order valence-corrected chi connectivity index (χ2v) is 5.33. The van der Waals surface area contributed by atoms with Crippen molar-refractivity contribution in [1.29, 1.82) is 0 Å². The third-order valence-corrected chi connectivity index (χ3v) is 3.48. The second kappa shape index (κ2) is 6.75. The molecule has 0 spiro atoms. The quantitative estimate of drug-likeness (QED) is 0.881. The van der Waals surface area contributed by atoms with Crippen molar-refractivity contribution in [3.05, 3.63) is 51.7 Å². The number of benzene rings is 1. The van der Waals surface area contributed by atoms with Crippen LogP contribution in [0.1, 0.15) is 16.8 Å². The van der Waals surface area contributed by atoms with Gasteiger partial charge < -0.3 is 5.32 Å². The largest absolute Gasteiger partial charge is 0.316 e. The Morgan fingerprint density at radius 1 is 1.37 bits per heavy atom. The van der Waals surface area contributed by atoms with Gasteiger partial charge in [-0.25, -0.2) is 9.37 Å². The maximum Gasteiger partial charge on any atom is 0.127 e. The number of nitrogens with one attached hydrogen (secondary N) is 1. The number of rotatable bonds is 6. The highest BCUT2D eigenvalue weighted by molar-refractivity contribution is 7.07. The van der Waals surface area contributed by atoms with Crippen LogP contribution < -0.4 is 5.32 Å². The van der Waals surface area contributed by atoms with E-state index in [4.69, 9.17) is 0 Å². The summed E-state index contributed by atoms with van der Waals surface area (Å²) >= 11 is 1.58. The van der Waals surface area contributed by atoms with Crippen LogP contribution in [0.15, 0.2) is 29.1 Å². The molecule has 0 atom stereocenters. The molecule has 2 rings (SSSR count). The van der Waals surface area contributed by atoms with Crippen molar-refractivity contribution >= 4 is 11.3 Å². The Morgan fingerprint density at radius 3 is 2.89 bits per heavy atom. The number of hydrogen-bond donors (Lipinski definition) is 1. The topological polar surface area (TPSA) is 28.2 Å². The fourth-order valence-corrected chi connectivity index (χ4v) is 2.55. The summed E-state index contributed by atoms with van der Waals surface area (Å²) in [5.41, 5.74) is 4.67. The molecule has 0 aliphatic rings. The van der Waals surface area contributed by atoms with Gasteiger partial charge in [-0.15, -0.1) is 11.3 Å². The molecule has 0 amide bonds. The molecular weight excluding hydrogens is 261 g/mol. The molecule has 19 heavy (non-hydrogen) atoms. The van der Waals surface area contributed by atoms with Gasteiger partial charge in [0.15, 0.2) is 0 Å². The fourth-order valence-electron chi connectivity index (χ4n) is 2.00. The zero-order valence-electron chi connectivity index (χ0n) is 11.2. The normalized spacial score (nSPS) is 11.2. The summed E-state index contributed by atoms with van der Waals surface area (Å²) in [6, 6.07) is 5.28. The van der Waals surface area contributed by atoms with E-state index in [1.165, 1.54) is 0 Å². The molecule has 5 heteroatoms. The van der Waals surface area contributed by atoms with E-state index in [-0.39, 0.29) is 5.82 Å². The van der Waals surface area contributed by atoms with Crippen molar-refractivity contribution in [1.82, 2.24) is 15.2 Å². The van der Waals surface area contributed by atoms with Gasteiger partial charge >= 0.3 is 0 Å². The predicted molar refractivity (Wildman–Crippen MR) is 76.4 cm³/mol. The van der Waals surface area contributed by atoms with Crippen LogP contribution in [0.25, 0.3) is 0 Å². The Morgan fingerprint density at radius 2 is 2.21 bits per heavy atom. The lowest BCUT2D eigenvalue weighted by atomic mass is 10.1. The van der Waals surface area contributed by atoms with Gasteiger partial charge in [0, 0.05) is 30.6 Å².